The monoisotopic (exact) mass is 850 g/mol. The maximum absolute atomic E-state index is 13.2. The normalized spacial score (nSPS) is 14.9. The lowest BCUT2D eigenvalue weighted by Crippen LogP contribution is -2.54. The summed E-state index contributed by atoms with van der Waals surface area (Å²) in [5.74, 6) is 0.378. The number of carbonyl (C=O) groups excluding carboxylic acids is 1. The van der Waals surface area contributed by atoms with Crippen molar-refractivity contribution in [3.8, 4) is 11.1 Å². The van der Waals surface area contributed by atoms with E-state index in [1.54, 1.807) is 23.9 Å². The number of amides is 1. The van der Waals surface area contributed by atoms with Crippen LogP contribution in [-0.4, -0.2) is 79.2 Å². The van der Waals surface area contributed by atoms with Gasteiger partial charge in [0.1, 0.15) is 5.69 Å². The number of carbonyl (C=O) groups is 1. The van der Waals surface area contributed by atoms with Crippen LogP contribution in [0.4, 0.5) is 17.1 Å². The third kappa shape index (κ3) is 12.5. The molecule has 12 heteroatoms. The van der Waals surface area contributed by atoms with Gasteiger partial charge in [0.15, 0.2) is 0 Å². The van der Waals surface area contributed by atoms with Crippen LogP contribution in [0.2, 0.25) is 5.02 Å². The summed E-state index contributed by atoms with van der Waals surface area (Å²) in [7, 11) is 2.09. The standard InChI is InChI=1S/C40H47ClN6O3S.C7H8S/c1-28(2)25-44(3)20-6-19-42-37-17-16-35(24-39(37)47(49)50)51-43-40(48)31-12-18-38-30(23-31)11-15-34-27-45(21-22-46(34)38)26-32-7-4-5-8-36(32)29-9-13-33(41)14-10-29;1-8-7-5-3-2-4-6-7/h4-5,7-10,12-14,16-18,23-24,28,34,42H,6,11,15,19-22,25-27H2,1-3H3,(H,43,48);2-6H,1H3. The molecule has 5 aromatic rings. The van der Waals surface area contributed by atoms with Gasteiger partial charge in [0.25, 0.3) is 11.6 Å². The number of halogens is 1. The van der Waals surface area contributed by atoms with Crippen LogP contribution in [0.3, 0.4) is 0 Å². The molecule has 1 unspecified atom stereocenters. The van der Waals surface area contributed by atoms with E-state index in [4.69, 9.17) is 11.6 Å². The van der Waals surface area contributed by atoms with Crippen molar-refractivity contribution in [2.75, 3.05) is 62.8 Å². The number of nitrogens with one attached hydrogen (secondary N) is 2. The molecule has 59 heavy (non-hydrogen) atoms. The minimum atomic E-state index is -0.379. The van der Waals surface area contributed by atoms with Gasteiger partial charge in [-0.3, -0.25) is 24.5 Å². The molecule has 2 aliphatic heterocycles. The molecule has 2 N–H and O–H groups in total. The second kappa shape index (κ2) is 21.7. The first-order chi connectivity index (χ1) is 28.6. The van der Waals surface area contributed by atoms with E-state index in [1.165, 1.54) is 38.9 Å². The highest BCUT2D eigenvalue weighted by Crippen LogP contribution is 2.35. The molecular formula is C47H55ClN6O3S2. The number of hydrogen-bond donors (Lipinski definition) is 2. The van der Waals surface area contributed by atoms with Crippen molar-refractivity contribution >= 4 is 58.3 Å². The summed E-state index contributed by atoms with van der Waals surface area (Å²) in [5, 5.41) is 15.8. The number of fused-ring (bicyclic) bond motifs is 3. The highest BCUT2D eigenvalue weighted by atomic mass is 35.5. The number of nitrogens with zero attached hydrogens (tertiary/aromatic N) is 4. The molecule has 1 saturated heterocycles. The van der Waals surface area contributed by atoms with E-state index in [0.29, 0.717) is 34.7 Å². The van der Waals surface area contributed by atoms with E-state index >= 15 is 0 Å². The molecule has 7 rings (SSSR count). The summed E-state index contributed by atoms with van der Waals surface area (Å²) in [4.78, 5) is 34.0. The summed E-state index contributed by atoms with van der Waals surface area (Å²) in [5.41, 5.74) is 7.21. The number of aryl methyl sites for hydroxylation is 1. The third-order valence-corrected chi connectivity index (χ3v) is 12.4. The van der Waals surface area contributed by atoms with E-state index in [0.717, 1.165) is 75.5 Å². The predicted octanol–water partition coefficient (Wildman–Crippen LogP) is 10.8. The van der Waals surface area contributed by atoms with Crippen LogP contribution in [0, 0.1) is 16.0 Å². The zero-order valence-electron chi connectivity index (χ0n) is 34.4. The molecule has 0 aliphatic carbocycles. The van der Waals surface area contributed by atoms with Gasteiger partial charge >= 0.3 is 0 Å². The Morgan fingerprint density at radius 1 is 0.949 bits per heavy atom. The van der Waals surface area contributed by atoms with Crippen molar-refractivity contribution in [2.45, 2.75) is 55.5 Å². The topological polar surface area (TPSA) is 94.0 Å². The summed E-state index contributed by atoms with van der Waals surface area (Å²) in [6.45, 7) is 10.7. The minimum absolute atomic E-state index is 0.000943. The Morgan fingerprint density at radius 2 is 1.71 bits per heavy atom. The van der Waals surface area contributed by atoms with Gasteiger partial charge in [-0.05, 0) is 134 Å². The van der Waals surface area contributed by atoms with Gasteiger partial charge in [0.2, 0.25) is 0 Å². The molecule has 0 radical (unpaired) electrons. The number of hydrogen-bond acceptors (Lipinski definition) is 9. The smallest absolute Gasteiger partial charge is 0.293 e. The average Bonchev–Trinajstić information content (AvgIpc) is 3.25. The fourth-order valence-electron chi connectivity index (χ4n) is 7.85. The maximum atomic E-state index is 13.2. The van der Waals surface area contributed by atoms with Gasteiger partial charge in [0.05, 0.1) is 4.92 Å². The number of piperazine rings is 1. The predicted molar refractivity (Wildman–Crippen MR) is 248 cm³/mol. The lowest BCUT2D eigenvalue weighted by Gasteiger charge is -2.46. The SMILES string of the molecule is CC(C)CN(C)CCCNc1ccc(SNC(=O)c2ccc3c(c2)CCC2CN(Cc4ccccc4-c4ccc(Cl)cc4)CCN32)cc1[N+](=O)[O-].CSc1ccccc1. The first-order valence-electron chi connectivity index (χ1n) is 20.3. The Balaban J connectivity index is 0.000000654. The molecule has 5 aromatic carbocycles. The molecule has 9 nitrogen and oxygen atoms in total. The molecule has 1 atom stereocenters. The van der Waals surface area contributed by atoms with E-state index < -0.39 is 0 Å². The van der Waals surface area contributed by atoms with Crippen LogP contribution < -0.4 is 14.9 Å². The highest BCUT2D eigenvalue weighted by Gasteiger charge is 2.32. The first kappa shape index (κ1) is 44.0. The van der Waals surface area contributed by atoms with Crippen LogP contribution in [0.25, 0.3) is 11.1 Å². The Bertz CT molecular complexity index is 2160. The number of thioether (sulfide) groups is 1. The molecule has 1 fully saturated rings. The second-order valence-corrected chi connectivity index (χ2v) is 17.7. The van der Waals surface area contributed by atoms with E-state index in [2.05, 4.69) is 106 Å². The van der Waals surface area contributed by atoms with Crippen molar-refractivity contribution < 1.29 is 9.72 Å². The van der Waals surface area contributed by atoms with Crippen LogP contribution >= 0.6 is 35.3 Å². The number of benzene rings is 5. The number of nitro benzene ring substituents is 1. The Morgan fingerprint density at radius 3 is 2.44 bits per heavy atom. The quantitative estimate of drug-likeness (QED) is 0.0351. The molecule has 310 valence electrons. The van der Waals surface area contributed by atoms with Crippen LogP contribution in [0.5, 0.6) is 0 Å². The van der Waals surface area contributed by atoms with Gasteiger partial charge in [-0.2, -0.15) is 0 Å². The average molecular weight is 852 g/mol. The lowest BCUT2D eigenvalue weighted by molar-refractivity contribution is -0.384. The Hall–Kier alpha value is -4.52. The fourth-order valence-corrected chi connectivity index (χ4v) is 9.04. The Labute approximate surface area is 363 Å². The van der Waals surface area contributed by atoms with Crippen LogP contribution in [-0.2, 0) is 13.0 Å². The largest absolute Gasteiger partial charge is 0.379 e. The van der Waals surface area contributed by atoms with Crippen molar-refractivity contribution in [3.05, 3.63) is 147 Å². The molecule has 2 heterocycles. The van der Waals surface area contributed by atoms with Gasteiger partial charge < -0.3 is 15.1 Å². The molecule has 0 saturated carbocycles. The van der Waals surface area contributed by atoms with E-state index in [9.17, 15) is 14.9 Å². The number of nitro groups is 1. The van der Waals surface area contributed by atoms with Crippen molar-refractivity contribution in [2.24, 2.45) is 5.92 Å². The molecule has 0 bridgehead atoms. The highest BCUT2D eigenvalue weighted by molar-refractivity contribution is 7.98. The molecule has 2 aliphatic rings. The number of anilines is 2. The van der Waals surface area contributed by atoms with Gasteiger partial charge in [-0.1, -0.05) is 80.0 Å². The zero-order valence-corrected chi connectivity index (χ0v) is 36.8. The molecule has 0 aromatic heterocycles. The third-order valence-electron chi connectivity index (χ3n) is 10.6. The molecule has 0 spiro atoms. The van der Waals surface area contributed by atoms with E-state index in [-0.39, 0.29) is 16.5 Å². The Kier molecular flexibility index (Phi) is 16.2. The molecular weight excluding hydrogens is 796 g/mol. The van der Waals surface area contributed by atoms with Crippen LogP contribution in [0.1, 0.15) is 48.2 Å². The van der Waals surface area contributed by atoms with Crippen molar-refractivity contribution in [1.82, 2.24) is 14.5 Å². The van der Waals surface area contributed by atoms with Gasteiger partial charge in [0, 0.05) is 77.4 Å². The maximum Gasteiger partial charge on any atom is 0.293 e. The first-order valence-corrected chi connectivity index (χ1v) is 22.7. The molecule has 1 amide bonds. The summed E-state index contributed by atoms with van der Waals surface area (Å²) < 4.78 is 2.89. The van der Waals surface area contributed by atoms with Gasteiger partial charge in [-0.25, -0.2) is 0 Å². The fraction of sp³-hybridized carbons (Fsp3) is 0.340. The summed E-state index contributed by atoms with van der Waals surface area (Å²) >= 11 is 9.02. The van der Waals surface area contributed by atoms with Crippen LogP contribution in [0.15, 0.2) is 125 Å². The van der Waals surface area contributed by atoms with E-state index in [1.807, 2.05) is 42.5 Å². The summed E-state index contributed by atoms with van der Waals surface area (Å²) in [6, 6.07) is 38.4. The zero-order chi connectivity index (χ0) is 41.7. The number of rotatable bonds is 15. The van der Waals surface area contributed by atoms with Crippen molar-refractivity contribution in [1.29, 1.82) is 0 Å². The summed E-state index contributed by atoms with van der Waals surface area (Å²) in [6.07, 6.45) is 4.90. The minimum Gasteiger partial charge on any atom is -0.379 e. The second-order valence-electron chi connectivity index (χ2n) is 15.6. The van der Waals surface area contributed by atoms with Crippen molar-refractivity contribution in [3.63, 3.8) is 0 Å². The lowest BCUT2D eigenvalue weighted by atomic mass is 9.92. The van der Waals surface area contributed by atoms with Gasteiger partial charge in [-0.15, -0.1) is 11.8 Å².